The highest BCUT2D eigenvalue weighted by molar-refractivity contribution is 5.40. The van der Waals surface area contributed by atoms with Gasteiger partial charge in [-0.05, 0) is 25.0 Å². The molecule has 2 aliphatic rings. The molecule has 0 amide bonds. The van der Waals surface area contributed by atoms with Crippen molar-refractivity contribution in [3.8, 4) is 11.5 Å². The molecule has 0 bridgehead atoms. The molecule has 0 spiro atoms. The van der Waals surface area contributed by atoms with Gasteiger partial charge in [0.05, 0.1) is 0 Å². The average Bonchev–Trinajstić information content (AvgIpc) is 2.46. The molecule has 98 valence electrons. The molecular weight excluding hydrogens is 226 g/mol. The third-order valence-corrected chi connectivity index (χ3v) is 3.81. The van der Waals surface area contributed by atoms with E-state index in [9.17, 15) is 0 Å². The van der Waals surface area contributed by atoms with Gasteiger partial charge in [0.2, 0.25) is 0 Å². The second-order valence-electron chi connectivity index (χ2n) is 5.24. The minimum absolute atomic E-state index is 0.141. The maximum absolute atomic E-state index is 5.94. The second kappa shape index (κ2) is 5.61. The van der Waals surface area contributed by atoms with Gasteiger partial charge in [-0.25, -0.2) is 0 Å². The third kappa shape index (κ3) is 2.78. The van der Waals surface area contributed by atoms with Crippen LogP contribution in [-0.2, 0) is 0 Å². The monoisotopic (exact) mass is 247 g/mol. The highest BCUT2D eigenvalue weighted by Crippen LogP contribution is 2.30. The largest absolute Gasteiger partial charge is 0.486 e. The summed E-state index contributed by atoms with van der Waals surface area (Å²) in [5, 5.41) is 3.62. The Labute approximate surface area is 108 Å². The summed E-state index contributed by atoms with van der Waals surface area (Å²) in [6, 6.07) is 8.57. The number of rotatable bonds is 3. The van der Waals surface area contributed by atoms with Crippen LogP contribution in [0.1, 0.15) is 32.1 Å². The summed E-state index contributed by atoms with van der Waals surface area (Å²) in [5.74, 6) is 1.74. The Morgan fingerprint density at radius 1 is 1.06 bits per heavy atom. The number of hydrogen-bond donors (Lipinski definition) is 1. The summed E-state index contributed by atoms with van der Waals surface area (Å²) in [7, 11) is 0. The summed E-state index contributed by atoms with van der Waals surface area (Å²) in [6.45, 7) is 1.54. The fraction of sp³-hybridized carbons (Fsp3) is 0.600. The summed E-state index contributed by atoms with van der Waals surface area (Å²) < 4.78 is 11.6. The standard InChI is InChI=1S/C15H21NO2/c1-2-6-12(7-3-1)16-10-13-11-17-14-8-4-5-9-15(14)18-13/h4-5,8-9,12-13,16H,1-3,6-7,10-11H2. The highest BCUT2D eigenvalue weighted by Gasteiger charge is 2.22. The molecule has 1 aromatic rings. The predicted molar refractivity (Wildman–Crippen MR) is 71.2 cm³/mol. The minimum Gasteiger partial charge on any atom is -0.486 e. The molecule has 0 saturated heterocycles. The van der Waals surface area contributed by atoms with E-state index in [1.165, 1.54) is 32.1 Å². The van der Waals surface area contributed by atoms with Gasteiger partial charge in [0, 0.05) is 12.6 Å². The van der Waals surface area contributed by atoms with Crippen molar-refractivity contribution >= 4 is 0 Å². The van der Waals surface area contributed by atoms with E-state index in [2.05, 4.69) is 5.32 Å². The summed E-state index contributed by atoms with van der Waals surface area (Å²) in [6.07, 6.45) is 6.88. The first-order valence-corrected chi connectivity index (χ1v) is 7.04. The second-order valence-corrected chi connectivity index (χ2v) is 5.24. The number of nitrogens with one attached hydrogen (secondary N) is 1. The average molecular weight is 247 g/mol. The van der Waals surface area contributed by atoms with Crippen molar-refractivity contribution in [2.45, 2.75) is 44.2 Å². The van der Waals surface area contributed by atoms with Gasteiger partial charge in [0.25, 0.3) is 0 Å². The molecule has 3 rings (SSSR count). The topological polar surface area (TPSA) is 30.5 Å². The molecule has 18 heavy (non-hydrogen) atoms. The zero-order valence-corrected chi connectivity index (χ0v) is 10.7. The van der Waals surface area contributed by atoms with E-state index in [0.29, 0.717) is 12.6 Å². The number of benzene rings is 1. The Balaban J connectivity index is 1.50. The SMILES string of the molecule is c1ccc2c(c1)OCC(CNC1CCCCC1)O2. The van der Waals surface area contributed by atoms with Gasteiger partial charge in [-0.3, -0.25) is 0 Å². The maximum atomic E-state index is 5.94. The molecule has 1 saturated carbocycles. The van der Waals surface area contributed by atoms with E-state index in [1.807, 2.05) is 24.3 Å². The van der Waals surface area contributed by atoms with Crippen LogP contribution in [0.2, 0.25) is 0 Å². The fourth-order valence-corrected chi connectivity index (χ4v) is 2.77. The molecule has 1 heterocycles. The molecular formula is C15H21NO2. The Hall–Kier alpha value is -1.22. The number of para-hydroxylation sites is 2. The van der Waals surface area contributed by atoms with Gasteiger partial charge >= 0.3 is 0 Å². The van der Waals surface area contributed by atoms with E-state index in [0.717, 1.165) is 18.0 Å². The maximum Gasteiger partial charge on any atom is 0.161 e. The summed E-state index contributed by atoms with van der Waals surface area (Å²) >= 11 is 0. The van der Waals surface area contributed by atoms with E-state index in [-0.39, 0.29) is 6.10 Å². The van der Waals surface area contributed by atoms with Crippen LogP contribution in [0.5, 0.6) is 11.5 Å². The molecule has 0 aromatic heterocycles. The van der Waals surface area contributed by atoms with Crippen LogP contribution in [-0.4, -0.2) is 25.3 Å². The van der Waals surface area contributed by atoms with Gasteiger partial charge < -0.3 is 14.8 Å². The van der Waals surface area contributed by atoms with Crippen molar-refractivity contribution in [2.75, 3.05) is 13.2 Å². The molecule has 1 aliphatic heterocycles. The number of hydrogen-bond acceptors (Lipinski definition) is 3. The lowest BCUT2D eigenvalue weighted by atomic mass is 9.95. The van der Waals surface area contributed by atoms with Gasteiger partial charge in [-0.1, -0.05) is 31.4 Å². The molecule has 3 nitrogen and oxygen atoms in total. The normalized spacial score (nSPS) is 23.9. The first-order valence-electron chi connectivity index (χ1n) is 7.04. The molecule has 1 fully saturated rings. The van der Waals surface area contributed by atoms with Crippen molar-refractivity contribution in [3.63, 3.8) is 0 Å². The van der Waals surface area contributed by atoms with E-state index in [4.69, 9.17) is 9.47 Å². The third-order valence-electron chi connectivity index (χ3n) is 3.81. The van der Waals surface area contributed by atoms with E-state index in [1.54, 1.807) is 0 Å². The first-order chi connectivity index (χ1) is 8.92. The molecule has 1 N–H and O–H groups in total. The zero-order chi connectivity index (χ0) is 12.2. The van der Waals surface area contributed by atoms with Crippen LogP contribution in [0.4, 0.5) is 0 Å². The highest BCUT2D eigenvalue weighted by atomic mass is 16.6. The van der Waals surface area contributed by atoms with Crippen LogP contribution in [0.3, 0.4) is 0 Å². The van der Waals surface area contributed by atoms with E-state index >= 15 is 0 Å². The quantitative estimate of drug-likeness (QED) is 0.891. The Bertz CT molecular complexity index is 388. The lowest BCUT2D eigenvalue weighted by Gasteiger charge is -2.29. The Morgan fingerprint density at radius 2 is 1.83 bits per heavy atom. The smallest absolute Gasteiger partial charge is 0.161 e. The van der Waals surface area contributed by atoms with Crippen molar-refractivity contribution < 1.29 is 9.47 Å². The van der Waals surface area contributed by atoms with Crippen LogP contribution < -0.4 is 14.8 Å². The molecule has 3 heteroatoms. The van der Waals surface area contributed by atoms with Gasteiger partial charge in [0.1, 0.15) is 12.7 Å². The fourth-order valence-electron chi connectivity index (χ4n) is 2.77. The lowest BCUT2D eigenvalue weighted by Crippen LogP contribution is -2.43. The molecule has 1 unspecified atom stereocenters. The molecule has 1 atom stereocenters. The van der Waals surface area contributed by atoms with Crippen molar-refractivity contribution in [3.05, 3.63) is 24.3 Å². The van der Waals surface area contributed by atoms with Crippen LogP contribution in [0.15, 0.2) is 24.3 Å². The number of ether oxygens (including phenoxy) is 2. The minimum atomic E-state index is 0.141. The van der Waals surface area contributed by atoms with Gasteiger partial charge in [-0.15, -0.1) is 0 Å². The van der Waals surface area contributed by atoms with Crippen LogP contribution >= 0.6 is 0 Å². The van der Waals surface area contributed by atoms with Crippen molar-refractivity contribution in [1.82, 2.24) is 5.32 Å². The van der Waals surface area contributed by atoms with Crippen molar-refractivity contribution in [2.24, 2.45) is 0 Å². The molecule has 1 aromatic carbocycles. The van der Waals surface area contributed by atoms with Crippen LogP contribution in [0.25, 0.3) is 0 Å². The summed E-state index contributed by atoms with van der Waals surface area (Å²) in [5.41, 5.74) is 0. The van der Waals surface area contributed by atoms with Crippen molar-refractivity contribution in [1.29, 1.82) is 0 Å². The predicted octanol–water partition coefficient (Wildman–Crippen LogP) is 2.75. The first kappa shape index (κ1) is 11.8. The van der Waals surface area contributed by atoms with Gasteiger partial charge in [0.15, 0.2) is 11.5 Å². The van der Waals surface area contributed by atoms with Crippen LogP contribution in [0, 0.1) is 0 Å². The van der Waals surface area contributed by atoms with E-state index < -0.39 is 0 Å². The zero-order valence-electron chi connectivity index (χ0n) is 10.7. The summed E-state index contributed by atoms with van der Waals surface area (Å²) in [4.78, 5) is 0. The molecule has 0 radical (unpaired) electrons. The molecule has 1 aliphatic carbocycles. The Kier molecular flexibility index (Phi) is 3.69. The number of fused-ring (bicyclic) bond motifs is 1. The Morgan fingerprint density at radius 3 is 2.67 bits per heavy atom. The van der Waals surface area contributed by atoms with Gasteiger partial charge in [-0.2, -0.15) is 0 Å². The lowest BCUT2D eigenvalue weighted by molar-refractivity contribution is 0.0868.